The maximum Gasteiger partial charge on any atom is 0.320 e. The van der Waals surface area contributed by atoms with Crippen molar-refractivity contribution in [1.29, 1.82) is 5.26 Å². The van der Waals surface area contributed by atoms with Crippen LogP contribution in [0.5, 0.6) is 0 Å². The molecular formula is C9H17N3O2. The second-order valence-electron chi connectivity index (χ2n) is 3.04. The molecule has 0 unspecified atom stereocenters. The molecule has 0 heterocycles. The molecule has 4 N–H and O–H groups in total. The molecular weight excluding hydrogens is 182 g/mol. The number of rotatable bonds is 8. The first-order chi connectivity index (χ1) is 6.72. The highest BCUT2D eigenvalue weighted by molar-refractivity contribution is 5.73. The van der Waals surface area contributed by atoms with E-state index in [2.05, 4.69) is 5.32 Å². The number of hydrogen-bond donors (Lipinski definition) is 3. The Labute approximate surface area is 83.9 Å². The van der Waals surface area contributed by atoms with Gasteiger partial charge in [-0.05, 0) is 19.4 Å². The lowest BCUT2D eigenvalue weighted by molar-refractivity contribution is -0.139. The maximum atomic E-state index is 10.7. The largest absolute Gasteiger partial charge is 0.480 e. The minimum Gasteiger partial charge on any atom is -0.480 e. The summed E-state index contributed by atoms with van der Waals surface area (Å²) < 4.78 is 0. The van der Waals surface area contributed by atoms with Gasteiger partial charge in [0.2, 0.25) is 0 Å². The molecule has 0 aliphatic heterocycles. The van der Waals surface area contributed by atoms with E-state index >= 15 is 0 Å². The van der Waals surface area contributed by atoms with Gasteiger partial charge in [0.05, 0.1) is 6.07 Å². The molecule has 0 radical (unpaired) electrons. The van der Waals surface area contributed by atoms with Crippen LogP contribution in [0.15, 0.2) is 0 Å². The van der Waals surface area contributed by atoms with E-state index in [1.165, 1.54) is 0 Å². The molecule has 5 nitrogen and oxygen atoms in total. The Morgan fingerprint density at radius 1 is 1.57 bits per heavy atom. The quantitative estimate of drug-likeness (QED) is 0.480. The van der Waals surface area contributed by atoms with Gasteiger partial charge in [0.15, 0.2) is 0 Å². The third-order valence-electron chi connectivity index (χ3n) is 1.87. The zero-order valence-corrected chi connectivity index (χ0v) is 8.20. The van der Waals surface area contributed by atoms with Crippen molar-refractivity contribution in [2.45, 2.75) is 31.7 Å². The number of nitriles is 1. The van der Waals surface area contributed by atoms with Gasteiger partial charge in [-0.25, -0.2) is 0 Å². The number of nitrogens with two attached hydrogens (primary N) is 1. The van der Waals surface area contributed by atoms with E-state index in [0.29, 0.717) is 25.9 Å². The van der Waals surface area contributed by atoms with Crippen LogP contribution in [0.2, 0.25) is 0 Å². The van der Waals surface area contributed by atoms with Crippen molar-refractivity contribution >= 4 is 5.97 Å². The number of aliphatic carboxylic acids is 1. The summed E-state index contributed by atoms with van der Waals surface area (Å²) in [6, 6.07) is 1.41. The zero-order chi connectivity index (χ0) is 10.8. The first-order valence-electron chi connectivity index (χ1n) is 4.75. The second kappa shape index (κ2) is 8.48. The number of carboxylic acid groups (broad SMARTS) is 1. The van der Waals surface area contributed by atoms with Crippen molar-refractivity contribution in [2.75, 3.05) is 13.1 Å². The molecule has 0 aromatic heterocycles. The van der Waals surface area contributed by atoms with Gasteiger partial charge in [-0.2, -0.15) is 5.26 Å². The van der Waals surface area contributed by atoms with Gasteiger partial charge in [-0.15, -0.1) is 0 Å². The van der Waals surface area contributed by atoms with E-state index in [-0.39, 0.29) is 0 Å². The van der Waals surface area contributed by atoms with E-state index in [9.17, 15) is 4.79 Å². The van der Waals surface area contributed by atoms with E-state index in [1.54, 1.807) is 0 Å². The van der Waals surface area contributed by atoms with Crippen LogP contribution < -0.4 is 11.1 Å². The molecule has 0 fully saturated rings. The Morgan fingerprint density at radius 2 is 2.29 bits per heavy atom. The molecule has 5 heteroatoms. The van der Waals surface area contributed by atoms with Crippen molar-refractivity contribution < 1.29 is 9.90 Å². The third-order valence-corrected chi connectivity index (χ3v) is 1.87. The van der Waals surface area contributed by atoms with Gasteiger partial charge in [0.25, 0.3) is 0 Å². The van der Waals surface area contributed by atoms with Crippen LogP contribution in [-0.4, -0.2) is 30.2 Å². The van der Waals surface area contributed by atoms with E-state index in [0.717, 1.165) is 12.8 Å². The molecule has 0 bridgehead atoms. The first-order valence-corrected chi connectivity index (χ1v) is 4.75. The highest BCUT2D eigenvalue weighted by atomic mass is 16.4. The number of nitrogens with zero attached hydrogens (tertiary/aromatic N) is 1. The Bertz CT molecular complexity index is 201. The zero-order valence-electron chi connectivity index (χ0n) is 8.20. The van der Waals surface area contributed by atoms with Gasteiger partial charge in [0, 0.05) is 13.0 Å². The van der Waals surface area contributed by atoms with Gasteiger partial charge in [-0.3, -0.25) is 4.79 Å². The SMILES string of the molecule is N#CCCN[C@@H](CCCCN)C(=O)O. The molecule has 0 aliphatic carbocycles. The summed E-state index contributed by atoms with van der Waals surface area (Å²) in [4.78, 5) is 10.7. The van der Waals surface area contributed by atoms with Gasteiger partial charge >= 0.3 is 5.97 Å². The average Bonchev–Trinajstić information content (AvgIpc) is 2.15. The summed E-state index contributed by atoms with van der Waals surface area (Å²) in [5, 5.41) is 19.9. The standard InChI is InChI=1S/C9H17N3O2/c10-5-2-1-4-8(9(13)14)12-7-3-6-11/h8,12H,1-5,7,10H2,(H,13,14)/t8-/m0/s1. The van der Waals surface area contributed by atoms with Crippen LogP contribution in [-0.2, 0) is 4.79 Å². The number of carbonyl (C=O) groups is 1. The summed E-state index contributed by atoms with van der Waals surface area (Å²) >= 11 is 0. The van der Waals surface area contributed by atoms with Crippen molar-refractivity contribution in [1.82, 2.24) is 5.32 Å². The molecule has 0 rings (SSSR count). The molecule has 1 atom stereocenters. The monoisotopic (exact) mass is 199 g/mol. The fraction of sp³-hybridized carbons (Fsp3) is 0.778. The van der Waals surface area contributed by atoms with Gasteiger partial charge in [0.1, 0.15) is 6.04 Å². The van der Waals surface area contributed by atoms with Crippen molar-refractivity contribution in [3.05, 3.63) is 0 Å². The molecule has 0 saturated heterocycles. The van der Waals surface area contributed by atoms with Gasteiger partial charge in [-0.1, -0.05) is 6.42 Å². The minimum atomic E-state index is -0.861. The number of unbranched alkanes of at least 4 members (excludes halogenated alkanes) is 1. The Kier molecular flexibility index (Phi) is 7.80. The Morgan fingerprint density at radius 3 is 2.79 bits per heavy atom. The molecule has 0 amide bonds. The summed E-state index contributed by atoms with van der Waals surface area (Å²) in [5.41, 5.74) is 5.30. The molecule has 0 aliphatic rings. The van der Waals surface area contributed by atoms with Gasteiger partial charge < -0.3 is 16.2 Å². The summed E-state index contributed by atoms with van der Waals surface area (Å²) in [5.74, 6) is -0.861. The summed E-state index contributed by atoms with van der Waals surface area (Å²) in [6.07, 6.45) is 2.54. The van der Waals surface area contributed by atoms with Crippen LogP contribution in [0.1, 0.15) is 25.7 Å². The Hall–Kier alpha value is -1.12. The summed E-state index contributed by atoms with van der Waals surface area (Å²) in [7, 11) is 0. The van der Waals surface area contributed by atoms with E-state index in [1.807, 2.05) is 6.07 Å². The average molecular weight is 199 g/mol. The Balaban J connectivity index is 3.68. The van der Waals surface area contributed by atoms with E-state index < -0.39 is 12.0 Å². The molecule has 80 valence electrons. The lowest BCUT2D eigenvalue weighted by atomic mass is 10.1. The van der Waals surface area contributed by atoms with Crippen LogP contribution in [0.4, 0.5) is 0 Å². The second-order valence-corrected chi connectivity index (χ2v) is 3.04. The lowest BCUT2D eigenvalue weighted by Gasteiger charge is -2.12. The molecule has 0 saturated carbocycles. The minimum absolute atomic E-state index is 0.334. The fourth-order valence-corrected chi connectivity index (χ4v) is 1.11. The number of hydrogen-bond acceptors (Lipinski definition) is 4. The van der Waals surface area contributed by atoms with E-state index in [4.69, 9.17) is 16.1 Å². The normalized spacial score (nSPS) is 12.0. The molecule has 14 heavy (non-hydrogen) atoms. The van der Waals surface area contributed by atoms with Crippen molar-refractivity contribution in [2.24, 2.45) is 5.73 Å². The fourth-order valence-electron chi connectivity index (χ4n) is 1.11. The lowest BCUT2D eigenvalue weighted by Crippen LogP contribution is -2.37. The highest BCUT2D eigenvalue weighted by Gasteiger charge is 2.14. The van der Waals surface area contributed by atoms with Crippen LogP contribution >= 0.6 is 0 Å². The molecule has 0 aromatic rings. The molecule has 0 aromatic carbocycles. The topological polar surface area (TPSA) is 99.1 Å². The van der Waals surface area contributed by atoms with Crippen molar-refractivity contribution in [3.63, 3.8) is 0 Å². The van der Waals surface area contributed by atoms with Crippen LogP contribution in [0, 0.1) is 11.3 Å². The van der Waals surface area contributed by atoms with Crippen LogP contribution in [0.3, 0.4) is 0 Å². The molecule has 0 spiro atoms. The highest BCUT2D eigenvalue weighted by Crippen LogP contribution is 2.00. The smallest absolute Gasteiger partial charge is 0.320 e. The number of carboxylic acids is 1. The predicted molar refractivity (Wildman–Crippen MR) is 52.6 cm³/mol. The van der Waals surface area contributed by atoms with Crippen molar-refractivity contribution in [3.8, 4) is 6.07 Å². The first kappa shape index (κ1) is 12.9. The summed E-state index contributed by atoms with van der Waals surface area (Å²) in [6.45, 7) is 1.01. The predicted octanol–water partition coefficient (Wildman–Crippen LogP) is 0.0719. The van der Waals surface area contributed by atoms with Crippen LogP contribution in [0.25, 0.3) is 0 Å². The number of nitrogens with one attached hydrogen (secondary N) is 1. The maximum absolute atomic E-state index is 10.7. The third kappa shape index (κ3) is 6.40.